The molecule has 0 saturated carbocycles. The van der Waals surface area contributed by atoms with Gasteiger partial charge in [-0.3, -0.25) is 19.3 Å². The second-order valence-corrected chi connectivity index (χ2v) is 16.2. The van der Waals surface area contributed by atoms with Crippen molar-refractivity contribution >= 4 is 40.9 Å². The van der Waals surface area contributed by atoms with Crippen molar-refractivity contribution in [2.45, 2.75) is 131 Å². The fourth-order valence-corrected chi connectivity index (χ4v) is 6.18. The van der Waals surface area contributed by atoms with Crippen LogP contribution in [0.3, 0.4) is 0 Å². The van der Waals surface area contributed by atoms with Crippen LogP contribution in [0.1, 0.15) is 146 Å². The largest absolute Gasteiger partial charge is 0.480 e. The van der Waals surface area contributed by atoms with Crippen LogP contribution >= 0.6 is 0 Å². The molecule has 60 heavy (non-hydrogen) atoms. The van der Waals surface area contributed by atoms with E-state index in [-0.39, 0.29) is 58.3 Å². The first-order valence-electron chi connectivity index (χ1n) is 21.0. The van der Waals surface area contributed by atoms with Crippen LogP contribution in [0.2, 0.25) is 0 Å². The Hall–Kier alpha value is -5.85. The number of ether oxygens (including phenoxy) is 3. The van der Waals surface area contributed by atoms with Crippen LogP contribution in [-0.2, 0) is 29.9 Å². The number of H-pyrrole nitrogens is 1. The van der Waals surface area contributed by atoms with Gasteiger partial charge in [0.1, 0.15) is 11.6 Å². The number of carbonyl (C=O) groups is 4. The predicted molar refractivity (Wildman–Crippen MR) is 234 cm³/mol. The standard InChI is InChI=1S/C47H62N4O9/c1-11-16-24-57-44(55)32-26-33(45(56)58-25-17-12-2)28-36(27-32)50(31(6)52)41-30-42(53)51(49-41)60-37-21-19-35(20-22-37)48-43(54)39(13-3)59-40-23-18-34(46(7,8)14-4)29-38(40)47(9,10)15-5/h18-23,26-30,39,49H,11-17,24-25H2,1-10H3,(H,48,54). The Morgan fingerprint density at radius 2 is 1.35 bits per heavy atom. The lowest BCUT2D eigenvalue weighted by molar-refractivity contribution is -0.123. The first kappa shape index (κ1) is 46.8. The number of esters is 2. The van der Waals surface area contributed by atoms with Gasteiger partial charge in [-0.2, -0.15) is 0 Å². The molecule has 3 aromatic carbocycles. The van der Waals surface area contributed by atoms with Gasteiger partial charge in [-0.15, -0.1) is 0 Å². The summed E-state index contributed by atoms with van der Waals surface area (Å²) in [6.45, 7) is 20.6. The van der Waals surface area contributed by atoms with Gasteiger partial charge in [0.15, 0.2) is 11.9 Å². The number of aromatic amines is 1. The molecule has 1 heterocycles. The van der Waals surface area contributed by atoms with Crippen LogP contribution in [0.4, 0.5) is 17.2 Å². The summed E-state index contributed by atoms with van der Waals surface area (Å²) in [6, 6.07) is 18.0. The van der Waals surface area contributed by atoms with Crippen molar-refractivity contribution in [3.8, 4) is 11.5 Å². The quantitative estimate of drug-likeness (QED) is 0.0616. The minimum Gasteiger partial charge on any atom is -0.480 e. The summed E-state index contributed by atoms with van der Waals surface area (Å²) in [5.41, 5.74) is 2.16. The van der Waals surface area contributed by atoms with E-state index in [2.05, 4.69) is 64.1 Å². The minimum atomic E-state index is -0.757. The van der Waals surface area contributed by atoms with Crippen molar-refractivity contribution in [1.82, 2.24) is 9.94 Å². The van der Waals surface area contributed by atoms with Crippen LogP contribution < -0.4 is 25.4 Å². The highest BCUT2D eigenvalue weighted by Crippen LogP contribution is 2.39. The SMILES string of the molecule is CCCCOC(=O)c1cc(C(=O)OCCCC)cc(N(C(C)=O)c2cc(=O)n(Oc3ccc(NC(=O)C(CC)Oc4ccc(C(C)(C)CC)cc4C(C)(C)CC)cc3)[nH]2)c1. The average Bonchev–Trinajstić information content (AvgIpc) is 3.58. The van der Waals surface area contributed by atoms with Crippen molar-refractivity contribution in [2.24, 2.45) is 0 Å². The Morgan fingerprint density at radius 3 is 1.87 bits per heavy atom. The lowest BCUT2D eigenvalue weighted by Crippen LogP contribution is -2.33. The van der Waals surface area contributed by atoms with Crippen LogP contribution in [0.15, 0.2) is 71.5 Å². The molecule has 0 bridgehead atoms. The predicted octanol–water partition coefficient (Wildman–Crippen LogP) is 9.79. The highest BCUT2D eigenvalue weighted by molar-refractivity contribution is 6.02. The van der Waals surface area contributed by atoms with Crippen LogP contribution in [0.5, 0.6) is 11.5 Å². The molecule has 0 fully saturated rings. The van der Waals surface area contributed by atoms with Gasteiger partial charge >= 0.3 is 17.5 Å². The number of aromatic nitrogens is 2. The molecule has 324 valence electrons. The van der Waals surface area contributed by atoms with E-state index in [1.54, 1.807) is 24.3 Å². The van der Waals surface area contributed by atoms with E-state index in [1.807, 2.05) is 26.8 Å². The van der Waals surface area contributed by atoms with Gasteiger partial charge < -0.3 is 24.4 Å². The number of hydrogen-bond acceptors (Lipinski definition) is 9. The maximum absolute atomic E-state index is 13.5. The number of anilines is 3. The van der Waals surface area contributed by atoms with Crippen LogP contribution in [0, 0.1) is 0 Å². The van der Waals surface area contributed by atoms with E-state index in [1.165, 1.54) is 30.7 Å². The van der Waals surface area contributed by atoms with Crippen molar-refractivity contribution in [1.29, 1.82) is 0 Å². The molecule has 0 aliphatic rings. The molecule has 0 spiro atoms. The number of amides is 2. The molecule has 2 N–H and O–H groups in total. The zero-order chi connectivity index (χ0) is 44.2. The second kappa shape index (κ2) is 20.9. The molecule has 2 amide bonds. The number of unbranched alkanes of at least 4 members (excludes halogenated alkanes) is 2. The molecule has 0 saturated heterocycles. The Morgan fingerprint density at radius 1 is 0.767 bits per heavy atom. The summed E-state index contributed by atoms with van der Waals surface area (Å²) in [5, 5.41) is 5.72. The Labute approximate surface area is 353 Å². The third-order valence-corrected chi connectivity index (χ3v) is 10.9. The van der Waals surface area contributed by atoms with Crippen molar-refractivity contribution < 1.29 is 38.2 Å². The van der Waals surface area contributed by atoms with Crippen molar-refractivity contribution in [2.75, 3.05) is 23.4 Å². The summed E-state index contributed by atoms with van der Waals surface area (Å²) in [6.07, 6.45) is 4.50. The molecule has 4 aromatic rings. The third-order valence-electron chi connectivity index (χ3n) is 10.9. The summed E-state index contributed by atoms with van der Waals surface area (Å²) in [4.78, 5) is 73.6. The minimum absolute atomic E-state index is 0.00466. The monoisotopic (exact) mass is 826 g/mol. The van der Waals surface area contributed by atoms with Crippen LogP contribution in [0.25, 0.3) is 0 Å². The molecule has 0 radical (unpaired) electrons. The van der Waals surface area contributed by atoms with Gasteiger partial charge in [-0.1, -0.05) is 92.1 Å². The molecule has 1 atom stereocenters. The van der Waals surface area contributed by atoms with E-state index in [4.69, 9.17) is 19.0 Å². The molecular weight excluding hydrogens is 765 g/mol. The zero-order valence-corrected chi connectivity index (χ0v) is 36.9. The Bertz CT molecular complexity index is 2130. The smallest absolute Gasteiger partial charge is 0.338 e. The van der Waals surface area contributed by atoms with E-state index in [0.29, 0.717) is 30.7 Å². The average molecular weight is 827 g/mol. The van der Waals surface area contributed by atoms with Gasteiger partial charge in [0, 0.05) is 18.2 Å². The molecule has 4 rings (SSSR count). The fraction of sp³-hybridized carbons (Fsp3) is 0.468. The molecule has 0 aliphatic heterocycles. The highest BCUT2D eigenvalue weighted by atomic mass is 16.7. The van der Waals surface area contributed by atoms with Gasteiger partial charge in [0.2, 0.25) is 5.91 Å². The summed E-state index contributed by atoms with van der Waals surface area (Å²) >= 11 is 0. The van der Waals surface area contributed by atoms with Gasteiger partial charge in [0.05, 0.1) is 36.1 Å². The third kappa shape index (κ3) is 11.9. The van der Waals surface area contributed by atoms with E-state index >= 15 is 0 Å². The molecular formula is C47H62N4O9. The number of hydrogen-bond donors (Lipinski definition) is 2. The summed E-state index contributed by atoms with van der Waals surface area (Å²) in [7, 11) is 0. The topological polar surface area (TPSA) is 158 Å². The summed E-state index contributed by atoms with van der Waals surface area (Å²) in [5.74, 6) is -1.23. The highest BCUT2D eigenvalue weighted by Gasteiger charge is 2.29. The number of nitrogens with zero attached hydrogens (tertiary/aromatic N) is 2. The fourth-order valence-electron chi connectivity index (χ4n) is 6.18. The van der Waals surface area contributed by atoms with Crippen LogP contribution in [-0.4, -0.2) is 53.0 Å². The van der Waals surface area contributed by atoms with Gasteiger partial charge in [-0.05, 0) is 97.0 Å². The molecule has 13 heteroatoms. The van der Waals surface area contributed by atoms with Crippen molar-refractivity contribution in [3.63, 3.8) is 0 Å². The number of rotatable bonds is 21. The maximum Gasteiger partial charge on any atom is 0.338 e. The lowest BCUT2D eigenvalue weighted by atomic mass is 9.76. The first-order chi connectivity index (χ1) is 28.5. The maximum atomic E-state index is 13.5. The number of nitrogens with one attached hydrogen (secondary N) is 2. The second-order valence-electron chi connectivity index (χ2n) is 16.2. The molecule has 1 aromatic heterocycles. The van der Waals surface area contributed by atoms with E-state index in [9.17, 15) is 24.0 Å². The lowest BCUT2D eigenvalue weighted by Gasteiger charge is -2.31. The van der Waals surface area contributed by atoms with E-state index < -0.39 is 29.5 Å². The van der Waals surface area contributed by atoms with E-state index in [0.717, 1.165) is 47.1 Å². The summed E-state index contributed by atoms with van der Waals surface area (Å²) < 4.78 is 17.2. The molecule has 1 unspecified atom stereocenters. The molecule has 0 aliphatic carbocycles. The Balaban J connectivity index is 1.54. The molecule has 13 nitrogen and oxygen atoms in total. The Kier molecular flexibility index (Phi) is 16.3. The van der Waals surface area contributed by atoms with Gasteiger partial charge in [-0.25, -0.2) is 14.7 Å². The number of benzene rings is 3. The number of carbonyl (C=O) groups excluding carboxylic acids is 4. The zero-order valence-electron chi connectivity index (χ0n) is 36.9. The first-order valence-corrected chi connectivity index (χ1v) is 21.0. The normalized spacial score (nSPS) is 12.0. The van der Waals surface area contributed by atoms with Crippen molar-refractivity contribution in [3.05, 3.63) is 99.3 Å². The van der Waals surface area contributed by atoms with Gasteiger partial charge in [0.25, 0.3) is 5.91 Å².